The Bertz CT molecular complexity index is 542. The molecular weight excluding hydrogens is 276 g/mol. The van der Waals surface area contributed by atoms with E-state index in [0.29, 0.717) is 25.1 Å². The van der Waals surface area contributed by atoms with Crippen molar-refractivity contribution in [2.45, 2.75) is 26.7 Å². The smallest absolute Gasteiger partial charge is 0.305 e. The maximum absolute atomic E-state index is 11.9. The van der Waals surface area contributed by atoms with Gasteiger partial charge < -0.3 is 10.1 Å². The van der Waals surface area contributed by atoms with Crippen LogP contribution in [0.15, 0.2) is 18.2 Å². The van der Waals surface area contributed by atoms with E-state index in [2.05, 4.69) is 5.32 Å². The molecule has 0 saturated carbocycles. The molecule has 1 rings (SSSR count). The maximum atomic E-state index is 11.9. The number of carbonyl (C=O) groups excluding carboxylic acids is 2. The van der Waals surface area contributed by atoms with Gasteiger partial charge in [-0.25, -0.2) is 0 Å². The minimum absolute atomic E-state index is 0.119. The molecule has 0 fully saturated rings. The van der Waals surface area contributed by atoms with Crippen LogP contribution in [0.3, 0.4) is 0 Å². The van der Waals surface area contributed by atoms with E-state index in [1.807, 2.05) is 0 Å². The van der Waals surface area contributed by atoms with E-state index in [-0.39, 0.29) is 23.6 Å². The van der Waals surface area contributed by atoms with Crippen LogP contribution in [0, 0.1) is 17.0 Å². The summed E-state index contributed by atoms with van der Waals surface area (Å²) in [5, 5.41) is 13.4. The number of benzene rings is 1. The molecule has 21 heavy (non-hydrogen) atoms. The zero-order valence-corrected chi connectivity index (χ0v) is 12.0. The summed E-state index contributed by atoms with van der Waals surface area (Å²) < 4.78 is 4.76. The van der Waals surface area contributed by atoms with Crippen LogP contribution >= 0.6 is 0 Å². The van der Waals surface area contributed by atoms with Crippen LogP contribution in [-0.4, -0.2) is 30.0 Å². The van der Waals surface area contributed by atoms with Gasteiger partial charge in [0.1, 0.15) is 0 Å². The van der Waals surface area contributed by atoms with Gasteiger partial charge in [-0.1, -0.05) is 0 Å². The fourth-order valence-corrected chi connectivity index (χ4v) is 1.77. The van der Waals surface area contributed by atoms with Gasteiger partial charge in [-0.3, -0.25) is 19.7 Å². The molecule has 0 saturated heterocycles. The number of nitrogens with zero attached hydrogens (tertiary/aromatic N) is 1. The van der Waals surface area contributed by atoms with E-state index >= 15 is 0 Å². The van der Waals surface area contributed by atoms with E-state index in [9.17, 15) is 19.7 Å². The van der Waals surface area contributed by atoms with Crippen molar-refractivity contribution in [3.63, 3.8) is 0 Å². The van der Waals surface area contributed by atoms with E-state index in [4.69, 9.17) is 4.74 Å². The molecule has 0 aliphatic carbocycles. The van der Waals surface area contributed by atoms with E-state index in [1.54, 1.807) is 19.9 Å². The first-order chi connectivity index (χ1) is 9.93. The van der Waals surface area contributed by atoms with Crippen molar-refractivity contribution >= 4 is 17.6 Å². The summed E-state index contributed by atoms with van der Waals surface area (Å²) in [5.41, 5.74) is 0.755. The summed E-state index contributed by atoms with van der Waals surface area (Å²) in [7, 11) is 0. The predicted molar refractivity (Wildman–Crippen MR) is 76.0 cm³/mol. The number of nitro groups is 1. The number of ether oxygens (including phenoxy) is 1. The van der Waals surface area contributed by atoms with Gasteiger partial charge in [-0.2, -0.15) is 0 Å². The molecule has 1 amide bonds. The van der Waals surface area contributed by atoms with Crippen LogP contribution in [0.2, 0.25) is 0 Å². The molecule has 0 unspecified atom stereocenters. The van der Waals surface area contributed by atoms with Crippen molar-refractivity contribution in [2.75, 3.05) is 13.2 Å². The third-order valence-corrected chi connectivity index (χ3v) is 2.68. The fraction of sp³-hybridized carbons (Fsp3) is 0.429. The summed E-state index contributed by atoms with van der Waals surface area (Å²) in [6.07, 6.45) is 0.681. The monoisotopic (exact) mass is 294 g/mol. The molecule has 0 aromatic heterocycles. The first-order valence-corrected chi connectivity index (χ1v) is 6.64. The molecule has 0 atom stereocenters. The Morgan fingerprint density at radius 2 is 2.05 bits per heavy atom. The molecule has 1 aromatic carbocycles. The van der Waals surface area contributed by atoms with Crippen molar-refractivity contribution in [2.24, 2.45) is 0 Å². The van der Waals surface area contributed by atoms with Crippen molar-refractivity contribution in [1.82, 2.24) is 5.32 Å². The minimum atomic E-state index is -0.537. The zero-order chi connectivity index (χ0) is 15.8. The van der Waals surface area contributed by atoms with Gasteiger partial charge in [0.05, 0.1) is 11.5 Å². The number of esters is 1. The van der Waals surface area contributed by atoms with Crippen LogP contribution in [0.4, 0.5) is 5.69 Å². The standard InChI is InChI=1S/C14H18N2O5/c1-3-21-13(17)5-4-6-15-14(18)11-7-10(2)8-12(9-11)16(19)20/h7-9H,3-6H2,1-2H3,(H,15,18). The lowest BCUT2D eigenvalue weighted by Gasteiger charge is -2.06. The van der Waals surface area contributed by atoms with Crippen LogP contribution in [-0.2, 0) is 9.53 Å². The molecule has 114 valence electrons. The molecular formula is C14H18N2O5. The number of hydrogen-bond acceptors (Lipinski definition) is 5. The van der Waals surface area contributed by atoms with Crippen LogP contribution in [0.5, 0.6) is 0 Å². The largest absolute Gasteiger partial charge is 0.466 e. The number of carbonyl (C=O) groups is 2. The van der Waals surface area contributed by atoms with Gasteiger partial charge in [0.25, 0.3) is 11.6 Å². The number of non-ortho nitro benzene ring substituents is 1. The Labute approximate surface area is 122 Å². The number of rotatable bonds is 7. The lowest BCUT2D eigenvalue weighted by atomic mass is 10.1. The van der Waals surface area contributed by atoms with E-state index in [0.717, 1.165) is 0 Å². The summed E-state index contributed by atoms with van der Waals surface area (Å²) in [6.45, 7) is 4.05. The second kappa shape index (κ2) is 7.98. The summed E-state index contributed by atoms with van der Waals surface area (Å²) in [4.78, 5) is 33.2. The molecule has 0 radical (unpaired) electrons. The maximum Gasteiger partial charge on any atom is 0.305 e. The Morgan fingerprint density at radius 1 is 1.33 bits per heavy atom. The number of nitrogens with one attached hydrogen (secondary N) is 1. The summed E-state index contributed by atoms with van der Waals surface area (Å²) in [6, 6.07) is 4.21. The third kappa shape index (κ3) is 5.60. The second-order valence-corrected chi connectivity index (χ2v) is 4.48. The Hall–Kier alpha value is -2.44. The number of aryl methyl sites for hydroxylation is 1. The summed E-state index contributed by atoms with van der Waals surface area (Å²) >= 11 is 0. The molecule has 1 N–H and O–H groups in total. The number of nitro benzene ring substituents is 1. The SMILES string of the molecule is CCOC(=O)CCCNC(=O)c1cc(C)cc([N+](=O)[O-])c1. The van der Waals surface area contributed by atoms with Crippen LogP contribution in [0.1, 0.15) is 35.7 Å². The van der Waals surface area contributed by atoms with E-state index < -0.39 is 10.8 Å². The van der Waals surface area contributed by atoms with Gasteiger partial charge in [-0.05, 0) is 31.9 Å². The first-order valence-electron chi connectivity index (χ1n) is 6.64. The van der Waals surface area contributed by atoms with Gasteiger partial charge in [0.15, 0.2) is 0 Å². The van der Waals surface area contributed by atoms with Crippen molar-refractivity contribution in [3.05, 3.63) is 39.4 Å². The third-order valence-electron chi connectivity index (χ3n) is 2.68. The molecule has 0 aliphatic heterocycles. The second-order valence-electron chi connectivity index (χ2n) is 4.48. The highest BCUT2D eigenvalue weighted by molar-refractivity contribution is 5.95. The highest BCUT2D eigenvalue weighted by Crippen LogP contribution is 2.16. The predicted octanol–water partition coefficient (Wildman–Crippen LogP) is 1.98. The van der Waals surface area contributed by atoms with Crippen LogP contribution < -0.4 is 5.32 Å². The lowest BCUT2D eigenvalue weighted by Crippen LogP contribution is -2.25. The molecule has 0 heterocycles. The first kappa shape index (κ1) is 16.6. The Balaban J connectivity index is 2.52. The Kier molecular flexibility index (Phi) is 6.32. The molecule has 7 heteroatoms. The molecule has 0 aliphatic rings. The summed E-state index contributed by atoms with van der Waals surface area (Å²) in [5.74, 6) is -0.705. The fourth-order valence-electron chi connectivity index (χ4n) is 1.77. The lowest BCUT2D eigenvalue weighted by molar-refractivity contribution is -0.384. The van der Waals surface area contributed by atoms with Crippen LogP contribution in [0.25, 0.3) is 0 Å². The normalized spacial score (nSPS) is 10.0. The van der Waals surface area contributed by atoms with Gasteiger partial charge >= 0.3 is 5.97 Å². The van der Waals surface area contributed by atoms with E-state index in [1.165, 1.54) is 12.1 Å². The molecule has 0 spiro atoms. The van der Waals surface area contributed by atoms with Gasteiger partial charge in [0, 0.05) is 30.7 Å². The highest BCUT2D eigenvalue weighted by Gasteiger charge is 2.13. The Morgan fingerprint density at radius 3 is 2.67 bits per heavy atom. The minimum Gasteiger partial charge on any atom is -0.466 e. The molecule has 7 nitrogen and oxygen atoms in total. The number of hydrogen-bond donors (Lipinski definition) is 1. The zero-order valence-electron chi connectivity index (χ0n) is 12.0. The number of amides is 1. The molecule has 1 aromatic rings. The van der Waals surface area contributed by atoms with Crippen molar-refractivity contribution in [3.8, 4) is 0 Å². The highest BCUT2D eigenvalue weighted by atomic mass is 16.6. The average molecular weight is 294 g/mol. The van der Waals surface area contributed by atoms with Crippen molar-refractivity contribution in [1.29, 1.82) is 0 Å². The average Bonchev–Trinajstić information content (AvgIpc) is 2.43. The van der Waals surface area contributed by atoms with Gasteiger partial charge in [-0.15, -0.1) is 0 Å². The van der Waals surface area contributed by atoms with Crippen molar-refractivity contribution < 1.29 is 19.2 Å². The quantitative estimate of drug-likeness (QED) is 0.359. The topological polar surface area (TPSA) is 98.5 Å². The van der Waals surface area contributed by atoms with Gasteiger partial charge in [0.2, 0.25) is 0 Å². The molecule has 0 bridgehead atoms.